The SMILES string of the molecule is CCCC/C=C\C/C=C\CCCCCCCC(C)Oc1cc(CNC)cc(OCCCCCCCC/C=C\C/C=C\CCCCC)n1. The van der Waals surface area contributed by atoms with E-state index in [0.29, 0.717) is 18.4 Å². The summed E-state index contributed by atoms with van der Waals surface area (Å²) in [5, 5.41) is 3.25. The number of ether oxygens (including phenoxy) is 2. The molecule has 0 saturated heterocycles. The lowest BCUT2D eigenvalue weighted by molar-refractivity contribution is 0.194. The third-order valence-corrected chi connectivity index (χ3v) is 8.45. The van der Waals surface area contributed by atoms with Gasteiger partial charge in [-0.25, -0.2) is 0 Å². The van der Waals surface area contributed by atoms with Crippen LogP contribution in [0.3, 0.4) is 0 Å². The summed E-state index contributed by atoms with van der Waals surface area (Å²) in [6.45, 7) is 8.16. The van der Waals surface area contributed by atoms with Crippen LogP contribution in [0.4, 0.5) is 0 Å². The molecule has 1 unspecified atom stereocenters. The van der Waals surface area contributed by atoms with Crippen molar-refractivity contribution in [2.24, 2.45) is 0 Å². The molecular formula is C43H74N2O2. The van der Waals surface area contributed by atoms with E-state index >= 15 is 0 Å². The Hall–Kier alpha value is -2.33. The third kappa shape index (κ3) is 28.4. The maximum atomic E-state index is 6.25. The molecule has 1 N–H and O–H groups in total. The second-order valence-electron chi connectivity index (χ2n) is 13.2. The summed E-state index contributed by atoms with van der Waals surface area (Å²) in [5.74, 6) is 1.37. The average Bonchev–Trinajstić information content (AvgIpc) is 3.06. The molecular weight excluding hydrogens is 576 g/mol. The molecule has 4 heteroatoms. The molecule has 0 aliphatic heterocycles. The van der Waals surface area contributed by atoms with Gasteiger partial charge in [0.15, 0.2) is 0 Å². The van der Waals surface area contributed by atoms with E-state index in [1.54, 1.807) is 0 Å². The van der Waals surface area contributed by atoms with Crippen molar-refractivity contribution in [1.82, 2.24) is 10.3 Å². The Balaban J connectivity index is 2.15. The van der Waals surface area contributed by atoms with Crippen molar-refractivity contribution in [2.75, 3.05) is 13.7 Å². The van der Waals surface area contributed by atoms with Crippen LogP contribution < -0.4 is 14.8 Å². The van der Waals surface area contributed by atoms with E-state index in [1.807, 2.05) is 13.1 Å². The first-order valence-electron chi connectivity index (χ1n) is 19.7. The highest BCUT2D eigenvalue weighted by molar-refractivity contribution is 5.28. The average molecular weight is 651 g/mol. The van der Waals surface area contributed by atoms with Crippen molar-refractivity contribution < 1.29 is 9.47 Å². The van der Waals surface area contributed by atoms with Crippen molar-refractivity contribution in [2.45, 2.75) is 181 Å². The molecule has 1 atom stereocenters. The predicted molar refractivity (Wildman–Crippen MR) is 207 cm³/mol. The molecule has 0 bridgehead atoms. The first kappa shape index (κ1) is 42.7. The minimum atomic E-state index is 0.154. The Bertz CT molecular complexity index is 936. The smallest absolute Gasteiger partial charge is 0.217 e. The van der Waals surface area contributed by atoms with Gasteiger partial charge in [0.25, 0.3) is 0 Å². The first-order valence-corrected chi connectivity index (χ1v) is 19.7. The highest BCUT2D eigenvalue weighted by Crippen LogP contribution is 2.21. The molecule has 1 rings (SSSR count). The van der Waals surface area contributed by atoms with Crippen molar-refractivity contribution in [3.63, 3.8) is 0 Å². The van der Waals surface area contributed by atoms with Crippen LogP contribution in [0, 0.1) is 0 Å². The molecule has 0 saturated carbocycles. The molecule has 4 nitrogen and oxygen atoms in total. The van der Waals surface area contributed by atoms with Gasteiger partial charge in [-0.15, -0.1) is 0 Å². The van der Waals surface area contributed by atoms with Crippen molar-refractivity contribution >= 4 is 0 Å². The number of hydrogen-bond acceptors (Lipinski definition) is 4. The number of allylic oxidation sites excluding steroid dienone is 8. The lowest BCUT2D eigenvalue weighted by Crippen LogP contribution is -2.14. The Morgan fingerprint density at radius 1 is 0.596 bits per heavy atom. The predicted octanol–water partition coefficient (Wildman–Crippen LogP) is 13.2. The molecule has 1 aromatic heterocycles. The van der Waals surface area contributed by atoms with E-state index in [-0.39, 0.29) is 6.10 Å². The molecule has 0 amide bonds. The zero-order valence-electron chi connectivity index (χ0n) is 31.3. The van der Waals surface area contributed by atoms with Crippen LogP contribution in [0.2, 0.25) is 0 Å². The van der Waals surface area contributed by atoms with E-state index in [1.165, 1.54) is 122 Å². The van der Waals surface area contributed by atoms with Crippen LogP contribution in [0.1, 0.15) is 174 Å². The van der Waals surface area contributed by atoms with Crippen LogP contribution in [0.25, 0.3) is 0 Å². The largest absolute Gasteiger partial charge is 0.478 e. The zero-order chi connectivity index (χ0) is 33.9. The van der Waals surface area contributed by atoms with E-state index < -0.39 is 0 Å². The fraction of sp³-hybridized carbons (Fsp3) is 0.698. The fourth-order valence-electron chi connectivity index (χ4n) is 5.56. The van der Waals surface area contributed by atoms with Crippen LogP contribution in [0.15, 0.2) is 60.7 Å². The van der Waals surface area contributed by atoms with Gasteiger partial charge in [0.1, 0.15) is 0 Å². The fourth-order valence-corrected chi connectivity index (χ4v) is 5.56. The van der Waals surface area contributed by atoms with Crippen molar-refractivity contribution in [3.8, 4) is 11.8 Å². The molecule has 0 aliphatic rings. The Labute approximate surface area is 292 Å². The lowest BCUT2D eigenvalue weighted by atomic mass is 10.1. The highest BCUT2D eigenvalue weighted by Gasteiger charge is 2.09. The summed E-state index contributed by atoms with van der Waals surface area (Å²) in [6, 6.07) is 4.10. The van der Waals surface area contributed by atoms with Gasteiger partial charge in [0.05, 0.1) is 12.7 Å². The minimum absolute atomic E-state index is 0.154. The number of aromatic nitrogens is 1. The second kappa shape index (κ2) is 33.6. The quantitative estimate of drug-likeness (QED) is 0.0607. The van der Waals surface area contributed by atoms with Crippen LogP contribution in [-0.4, -0.2) is 24.7 Å². The van der Waals surface area contributed by atoms with Gasteiger partial charge < -0.3 is 14.8 Å². The summed E-state index contributed by atoms with van der Waals surface area (Å²) in [5.41, 5.74) is 1.15. The van der Waals surface area contributed by atoms with Gasteiger partial charge in [0.2, 0.25) is 11.8 Å². The van der Waals surface area contributed by atoms with E-state index in [9.17, 15) is 0 Å². The number of nitrogens with one attached hydrogen (secondary N) is 1. The van der Waals surface area contributed by atoms with Gasteiger partial charge in [-0.2, -0.15) is 4.98 Å². The molecule has 0 radical (unpaired) electrons. The number of unbranched alkanes of at least 4 members (excludes halogenated alkanes) is 16. The van der Waals surface area contributed by atoms with Crippen molar-refractivity contribution in [3.05, 3.63) is 66.3 Å². The van der Waals surface area contributed by atoms with Gasteiger partial charge in [-0.05, 0) is 96.6 Å². The number of pyridine rings is 1. The van der Waals surface area contributed by atoms with E-state index in [2.05, 4.69) is 80.8 Å². The number of nitrogens with zero attached hydrogens (tertiary/aromatic N) is 1. The van der Waals surface area contributed by atoms with Gasteiger partial charge in [0, 0.05) is 18.7 Å². The molecule has 1 heterocycles. The molecule has 0 aromatic carbocycles. The Kier molecular flexibility index (Phi) is 30.5. The standard InChI is InChI=1S/C43H74N2O2/c1-5-7-9-11-13-15-17-19-21-22-24-26-28-30-32-34-36-46-42-37-41(39-44-4)38-43(45-42)47-40(3)35-33-31-29-27-25-23-20-18-16-14-12-10-8-6-2/h12-15,18-21,37-38,40,44H,5-11,16-17,22-36,39H2,1-4H3/b14-12-,15-13-,20-18-,21-19-. The Morgan fingerprint density at radius 3 is 1.66 bits per heavy atom. The summed E-state index contributed by atoms with van der Waals surface area (Å²) >= 11 is 0. The third-order valence-electron chi connectivity index (χ3n) is 8.45. The van der Waals surface area contributed by atoms with Gasteiger partial charge >= 0.3 is 0 Å². The number of hydrogen-bond donors (Lipinski definition) is 1. The zero-order valence-corrected chi connectivity index (χ0v) is 31.3. The normalized spacial score (nSPS) is 12.8. The lowest BCUT2D eigenvalue weighted by Gasteiger charge is -2.16. The maximum Gasteiger partial charge on any atom is 0.217 e. The van der Waals surface area contributed by atoms with Crippen LogP contribution >= 0.6 is 0 Å². The summed E-state index contributed by atoms with van der Waals surface area (Å²) in [7, 11) is 1.97. The van der Waals surface area contributed by atoms with Crippen LogP contribution in [0.5, 0.6) is 11.8 Å². The molecule has 1 aromatic rings. The molecule has 268 valence electrons. The van der Waals surface area contributed by atoms with Gasteiger partial charge in [-0.3, -0.25) is 0 Å². The summed E-state index contributed by atoms with van der Waals surface area (Å²) < 4.78 is 12.3. The van der Waals surface area contributed by atoms with Crippen molar-refractivity contribution in [1.29, 1.82) is 0 Å². The second-order valence-corrected chi connectivity index (χ2v) is 13.2. The van der Waals surface area contributed by atoms with Crippen LogP contribution in [-0.2, 0) is 6.54 Å². The number of rotatable bonds is 33. The maximum absolute atomic E-state index is 6.25. The first-order chi connectivity index (χ1) is 23.2. The van der Waals surface area contributed by atoms with Gasteiger partial charge in [-0.1, -0.05) is 133 Å². The molecule has 0 spiro atoms. The molecule has 47 heavy (non-hydrogen) atoms. The minimum Gasteiger partial charge on any atom is -0.478 e. The highest BCUT2D eigenvalue weighted by atomic mass is 16.5. The van der Waals surface area contributed by atoms with E-state index in [4.69, 9.17) is 14.5 Å². The Morgan fingerprint density at radius 2 is 1.09 bits per heavy atom. The topological polar surface area (TPSA) is 43.4 Å². The summed E-state index contributed by atoms with van der Waals surface area (Å²) in [6.07, 6.45) is 47.3. The monoisotopic (exact) mass is 651 g/mol. The molecule has 0 fully saturated rings. The van der Waals surface area contributed by atoms with E-state index in [0.717, 1.165) is 37.8 Å². The molecule has 0 aliphatic carbocycles. The summed E-state index contributed by atoms with van der Waals surface area (Å²) in [4.78, 5) is 4.69.